The average Bonchev–Trinajstić information content (AvgIpc) is 2.83. The van der Waals surface area contributed by atoms with Gasteiger partial charge < -0.3 is 9.64 Å². The Morgan fingerprint density at radius 1 is 1.42 bits per heavy atom. The van der Waals surface area contributed by atoms with Gasteiger partial charge >= 0.3 is 0 Å². The second-order valence-electron chi connectivity index (χ2n) is 4.37. The van der Waals surface area contributed by atoms with Gasteiger partial charge in [-0.2, -0.15) is 5.10 Å². The molecule has 0 saturated carbocycles. The second kappa shape index (κ2) is 5.56. The maximum Gasteiger partial charge on any atom is 0.254 e. The van der Waals surface area contributed by atoms with Crippen molar-refractivity contribution in [2.24, 2.45) is 7.05 Å². The Balaban J connectivity index is 2.09. The summed E-state index contributed by atoms with van der Waals surface area (Å²) >= 11 is 0. The molecule has 0 aliphatic carbocycles. The molecule has 1 aromatic carbocycles. The summed E-state index contributed by atoms with van der Waals surface area (Å²) in [4.78, 5) is 13.9. The fraction of sp³-hybridized carbons (Fsp3) is 0.286. The second-order valence-corrected chi connectivity index (χ2v) is 4.37. The Kier molecular flexibility index (Phi) is 3.85. The van der Waals surface area contributed by atoms with Crippen molar-refractivity contribution >= 4 is 5.91 Å². The molecule has 0 aliphatic heterocycles. The first kappa shape index (κ1) is 13.1. The summed E-state index contributed by atoms with van der Waals surface area (Å²) < 4.78 is 6.84. The van der Waals surface area contributed by atoms with Gasteiger partial charge in [0.1, 0.15) is 5.75 Å². The van der Waals surface area contributed by atoms with Gasteiger partial charge in [0, 0.05) is 25.9 Å². The predicted octanol–water partition coefficient (Wildman–Crippen LogP) is 1.70. The quantitative estimate of drug-likeness (QED) is 0.839. The predicted molar refractivity (Wildman–Crippen MR) is 72.0 cm³/mol. The highest BCUT2D eigenvalue weighted by Crippen LogP contribution is 2.14. The molecule has 0 fully saturated rings. The molecule has 0 bridgehead atoms. The number of aryl methyl sites for hydroxylation is 1. The van der Waals surface area contributed by atoms with Crippen LogP contribution in [0.2, 0.25) is 0 Å². The Hall–Kier alpha value is -2.30. The molecule has 5 heteroatoms. The monoisotopic (exact) mass is 259 g/mol. The van der Waals surface area contributed by atoms with E-state index >= 15 is 0 Å². The number of benzene rings is 1. The largest absolute Gasteiger partial charge is 0.497 e. The zero-order valence-corrected chi connectivity index (χ0v) is 11.3. The molecule has 0 radical (unpaired) electrons. The molecule has 0 N–H and O–H groups in total. The topological polar surface area (TPSA) is 47.4 Å². The van der Waals surface area contributed by atoms with Gasteiger partial charge in [0.15, 0.2) is 0 Å². The number of carbonyl (C=O) groups excluding carboxylic acids is 1. The fourth-order valence-corrected chi connectivity index (χ4v) is 1.84. The molecular weight excluding hydrogens is 242 g/mol. The van der Waals surface area contributed by atoms with Crippen molar-refractivity contribution in [1.29, 1.82) is 0 Å². The van der Waals surface area contributed by atoms with Gasteiger partial charge in [0.2, 0.25) is 0 Å². The van der Waals surface area contributed by atoms with Crippen molar-refractivity contribution < 1.29 is 9.53 Å². The maximum absolute atomic E-state index is 12.3. The molecule has 19 heavy (non-hydrogen) atoms. The van der Waals surface area contributed by atoms with Crippen LogP contribution in [0.1, 0.15) is 16.1 Å². The highest BCUT2D eigenvalue weighted by atomic mass is 16.5. The number of hydrogen-bond donors (Lipinski definition) is 0. The van der Waals surface area contributed by atoms with E-state index in [0.29, 0.717) is 17.9 Å². The van der Waals surface area contributed by atoms with E-state index in [1.165, 1.54) is 0 Å². The smallest absolute Gasteiger partial charge is 0.254 e. The van der Waals surface area contributed by atoms with Crippen LogP contribution in [0.15, 0.2) is 36.5 Å². The minimum atomic E-state index is -0.0513. The van der Waals surface area contributed by atoms with Gasteiger partial charge in [-0.15, -0.1) is 0 Å². The standard InChI is InChI=1S/C14H17N3O2/c1-16(10-12-7-8-17(2)15-12)14(18)11-5-4-6-13(9-11)19-3/h4-9H,10H2,1-3H3. The maximum atomic E-state index is 12.3. The molecule has 0 aliphatic rings. The lowest BCUT2D eigenvalue weighted by Gasteiger charge is -2.16. The number of rotatable bonds is 4. The third-order valence-corrected chi connectivity index (χ3v) is 2.83. The van der Waals surface area contributed by atoms with Crippen LogP contribution in [0.3, 0.4) is 0 Å². The van der Waals surface area contributed by atoms with E-state index in [2.05, 4.69) is 5.10 Å². The van der Waals surface area contributed by atoms with Crippen LogP contribution in [0.4, 0.5) is 0 Å². The third kappa shape index (κ3) is 3.13. The molecule has 1 amide bonds. The number of ether oxygens (including phenoxy) is 1. The summed E-state index contributed by atoms with van der Waals surface area (Å²) in [6.07, 6.45) is 1.86. The summed E-state index contributed by atoms with van der Waals surface area (Å²) in [5.41, 5.74) is 1.47. The minimum Gasteiger partial charge on any atom is -0.497 e. The SMILES string of the molecule is COc1cccc(C(=O)N(C)Cc2ccn(C)n2)c1. The van der Waals surface area contributed by atoms with Crippen molar-refractivity contribution in [3.63, 3.8) is 0 Å². The Bertz CT molecular complexity index is 578. The minimum absolute atomic E-state index is 0.0513. The molecule has 0 spiro atoms. The van der Waals surface area contributed by atoms with Crippen LogP contribution in [-0.2, 0) is 13.6 Å². The summed E-state index contributed by atoms with van der Waals surface area (Å²) in [6, 6.07) is 9.03. The highest BCUT2D eigenvalue weighted by molar-refractivity contribution is 5.94. The van der Waals surface area contributed by atoms with Crippen molar-refractivity contribution in [2.45, 2.75) is 6.54 Å². The lowest BCUT2D eigenvalue weighted by molar-refractivity contribution is 0.0783. The van der Waals surface area contributed by atoms with E-state index in [9.17, 15) is 4.79 Å². The van der Waals surface area contributed by atoms with E-state index < -0.39 is 0 Å². The summed E-state index contributed by atoms with van der Waals surface area (Å²) in [6.45, 7) is 0.483. The average molecular weight is 259 g/mol. The molecule has 2 aromatic rings. The Labute approximate surface area is 112 Å². The lowest BCUT2D eigenvalue weighted by Crippen LogP contribution is -2.26. The van der Waals surface area contributed by atoms with Gasteiger partial charge in [0.25, 0.3) is 5.91 Å². The van der Waals surface area contributed by atoms with Crippen LogP contribution in [0, 0.1) is 0 Å². The van der Waals surface area contributed by atoms with Crippen molar-refractivity contribution in [2.75, 3.05) is 14.2 Å². The number of hydrogen-bond acceptors (Lipinski definition) is 3. The van der Waals surface area contributed by atoms with E-state index in [1.54, 1.807) is 41.9 Å². The van der Waals surface area contributed by atoms with Crippen LogP contribution >= 0.6 is 0 Å². The van der Waals surface area contributed by atoms with E-state index in [1.807, 2.05) is 25.4 Å². The van der Waals surface area contributed by atoms with Crippen molar-refractivity contribution in [3.05, 3.63) is 47.8 Å². The first-order valence-electron chi connectivity index (χ1n) is 5.98. The summed E-state index contributed by atoms with van der Waals surface area (Å²) in [7, 11) is 5.20. The number of nitrogens with zero attached hydrogens (tertiary/aromatic N) is 3. The zero-order valence-electron chi connectivity index (χ0n) is 11.3. The molecule has 100 valence electrons. The summed E-state index contributed by atoms with van der Waals surface area (Å²) in [5, 5.41) is 4.26. The van der Waals surface area contributed by atoms with Crippen molar-refractivity contribution in [3.8, 4) is 5.75 Å². The van der Waals surface area contributed by atoms with E-state index in [0.717, 1.165) is 5.69 Å². The van der Waals surface area contributed by atoms with Crippen LogP contribution < -0.4 is 4.74 Å². The molecular formula is C14H17N3O2. The number of carbonyl (C=O) groups is 1. The lowest BCUT2D eigenvalue weighted by atomic mass is 10.2. The van der Waals surface area contributed by atoms with Crippen LogP contribution in [-0.4, -0.2) is 34.7 Å². The molecule has 1 heterocycles. The normalized spacial score (nSPS) is 10.3. The molecule has 1 aromatic heterocycles. The van der Waals surface area contributed by atoms with Gasteiger partial charge in [-0.1, -0.05) is 6.07 Å². The summed E-state index contributed by atoms with van der Waals surface area (Å²) in [5.74, 6) is 0.627. The molecule has 5 nitrogen and oxygen atoms in total. The fourth-order valence-electron chi connectivity index (χ4n) is 1.84. The Morgan fingerprint density at radius 3 is 2.84 bits per heavy atom. The highest BCUT2D eigenvalue weighted by Gasteiger charge is 2.13. The number of aromatic nitrogens is 2. The van der Waals surface area contributed by atoms with Gasteiger partial charge in [-0.25, -0.2) is 0 Å². The molecule has 0 unspecified atom stereocenters. The van der Waals surface area contributed by atoms with E-state index in [-0.39, 0.29) is 5.91 Å². The number of amides is 1. The van der Waals surface area contributed by atoms with Gasteiger partial charge in [-0.3, -0.25) is 9.48 Å². The van der Waals surface area contributed by atoms with Crippen LogP contribution in [0.25, 0.3) is 0 Å². The molecule has 0 saturated heterocycles. The first-order chi connectivity index (χ1) is 9.10. The number of methoxy groups -OCH3 is 1. The zero-order chi connectivity index (χ0) is 13.8. The molecule has 0 atom stereocenters. The Morgan fingerprint density at radius 2 is 2.21 bits per heavy atom. The molecule has 2 rings (SSSR count). The van der Waals surface area contributed by atoms with Gasteiger partial charge in [-0.05, 0) is 24.3 Å². The third-order valence-electron chi connectivity index (χ3n) is 2.83. The van der Waals surface area contributed by atoms with Crippen molar-refractivity contribution in [1.82, 2.24) is 14.7 Å². The van der Waals surface area contributed by atoms with Crippen LogP contribution in [0.5, 0.6) is 5.75 Å². The van der Waals surface area contributed by atoms with Gasteiger partial charge in [0.05, 0.1) is 19.3 Å². The van der Waals surface area contributed by atoms with E-state index in [4.69, 9.17) is 4.74 Å². The first-order valence-corrected chi connectivity index (χ1v) is 5.98.